The van der Waals surface area contributed by atoms with Crippen LogP contribution in [0.3, 0.4) is 0 Å². The third-order valence-electron chi connectivity index (χ3n) is 3.53. The molecule has 0 spiro atoms. The van der Waals surface area contributed by atoms with Gasteiger partial charge in [-0.25, -0.2) is 4.98 Å². The standard InChI is InChI=1S/C14H15N3O2S/c1-7-4-5-11(12(18)15-7)17-9(3)16-13-10(14(17)19)6-8(2)20-13/h6,11H,1,4-5H2,2-3H3,(H,15,18). The summed E-state index contributed by atoms with van der Waals surface area (Å²) in [5.74, 6) is 0.400. The smallest absolute Gasteiger partial charge is 0.263 e. The van der Waals surface area contributed by atoms with Gasteiger partial charge in [0.2, 0.25) is 5.91 Å². The van der Waals surface area contributed by atoms with E-state index in [1.807, 2.05) is 13.0 Å². The number of carbonyl (C=O) groups excluding carboxylic acids is 1. The quantitative estimate of drug-likeness (QED) is 0.873. The van der Waals surface area contributed by atoms with Gasteiger partial charge in [-0.3, -0.25) is 14.2 Å². The Morgan fingerprint density at radius 3 is 2.90 bits per heavy atom. The minimum Gasteiger partial charge on any atom is -0.329 e. The van der Waals surface area contributed by atoms with Crippen LogP contribution in [-0.4, -0.2) is 15.5 Å². The molecule has 1 aliphatic rings. The molecule has 1 fully saturated rings. The van der Waals surface area contributed by atoms with Crippen LogP contribution in [0.4, 0.5) is 0 Å². The average molecular weight is 289 g/mol. The molecule has 5 nitrogen and oxygen atoms in total. The Morgan fingerprint density at radius 2 is 2.20 bits per heavy atom. The lowest BCUT2D eigenvalue weighted by Gasteiger charge is -2.26. The molecule has 6 heteroatoms. The van der Waals surface area contributed by atoms with Gasteiger partial charge >= 0.3 is 0 Å². The second-order valence-electron chi connectivity index (χ2n) is 5.06. The lowest BCUT2D eigenvalue weighted by Crippen LogP contribution is -2.41. The van der Waals surface area contributed by atoms with E-state index in [0.717, 1.165) is 9.71 Å². The summed E-state index contributed by atoms with van der Waals surface area (Å²) in [5.41, 5.74) is 0.571. The maximum Gasteiger partial charge on any atom is 0.263 e. The number of piperidine rings is 1. The molecule has 2 aromatic rings. The van der Waals surface area contributed by atoms with Gasteiger partial charge < -0.3 is 5.32 Å². The monoisotopic (exact) mass is 289 g/mol. The molecular formula is C14H15N3O2S. The molecule has 3 rings (SSSR count). The Bertz CT molecular complexity index is 788. The van der Waals surface area contributed by atoms with E-state index in [9.17, 15) is 9.59 Å². The molecule has 2 aromatic heterocycles. The molecule has 0 aliphatic carbocycles. The van der Waals surface area contributed by atoms with Crippen LogP contribution < -0.4 is 10.9 Å². The number of amides is 1. The molecule has 1 atom stereocenters. The maximum atomic E-state index is 12.6. The molecule has 0 saturated carbocycles. The van der Waals surface area contributed by atoms with E-state index in [-0.39, 0.29) is 11.5 Å². The molecule has 1 N–H and O–H groups in total. The van der Waals surface area contributed by atoms with Crippen molar-refractivity contribution >= 4 is 27.5 Å². The van der Waals surface area contributed by atoms with E-state index >= 15 is 0 Å². The van der Waals surface area contributed by atoms with Gasteiger partial charge in [-0.1, -0.05) is 6.58 Å². The first-order valence-corrected chi connectivity index (χ1v) is 7.27. The molecule has 1 aliphatic heterocycles. The largest absolute Gasteiger partial charge is 0.329 e. The van der Waals surface area contributed by atoms with Gasteiger partial charge in [0.05, 0.1) is 5.39 Å². The number of fused-ring (bicyclic) bond motifs is 1. The van der Waals surface area contributed by atoms with Crippen molar-refractivity contribution in [1.82, 2.24) is 14.9 Å². The van der Waals surface area contributed by atoms with Crippen LogP contribution in [0.15, 0.2) is 23.1 Å². The van der Waals surface area contributed by atoms with Gasteiger partial charge in [0.15, 0.2) is 0 Å². The van der Waals surface area contributed by atoms with Crippen molar-refractivity contribution in [1.29, 1.82) is 0 Å². The summed E-state index contributed by atoms with van der Waals surface area (Å²) < 4.78 is 1.51. The summed E-state index contributed by atoms with van der Waals surface area (Å²) in [5, 5.41) is 3.31. The molecule has 104 valence electrons. The van der Waals surface area contributed by atoms with Crippen LogP contribution >= 0.6 is 11.3 Å². The second-order valence-corrected chi connectivity index (χ2v) is 6.29. The number of carbonyl (C=O) groups is 1. The van der Waals surface area contributed by atoms with E-state index in [4.69, 9.17) is 0 Å². The zero-order valence-electron chi connectivity index (χ0n) is 11.4. The van der Waals surface area contributed by atoms with Crippen LogP contribution in [-0.2, 0) is 4.79 Å². The van der Waals surface area contributed by atoms with Gasteiger partial charge in [-0.2, -0.15) is 0 Å². The molecule has 0 radical (unpaired) electrons. The first-order chi connectivity index (χ1) is 9.47. The summed E-state index contributed by atoms with van der Waals surface area (Å²) in [6, 6.07) is 1.34. The van der Waals surface area contributed by atoms with Crippen molar-refractivity contribution in [2.24, 2.45) is 0 Å². The number of allylic oxidation sites excluding steroid dienone is 1. The predicted octanol–water partition coefficient (Wildman–Crippen LogP) is 2.04. The molecule has 1 amide bonds. The predicted molar refractivity (Wildman–Crippen MR) is 78.9 cm³/mol. The Labute approximate surface area is 119 Å². The normalized spacial score (nSPS) is 19.4. The summed E-state index contributed by atoms with van der Waals surface area (Å²) >= 11 is 1.50. The minimum absolute atomic E-state index is 0.135. The third-order valence-corrected chi connectivity index (χ3v) is 4.48. The van der Waals surface area contributed by atoms with Gasteiger partial charge in [-0.05, 0) is 32.8 Å². The van der Waals surface area contributed by atoms with Crippen molar-refractivity contribution in [3.05, 3.63) is 39.4 Å². The lowest BCUT2D eigenvalue weighted by molar-refractivity contribution is -0.124. The summed E-state index contributed by atoms with van der Waals surface area (Å²) in [7, 11) is 0. The Morgan fingerprint density at radius 1 is 1.45 bits per heavy atom. The highest BCUT2D eigenvalue weighted by atomic mass is 32.1. The number of rotatable bonds is 1. The minimum atomic E-state index is -0.495. The first kappa shape index (κ1) is 13.1. The molecule has 20 heavy (non-hydrogen) atoms. The van der Waals surface area contributed by atoms with Crippen LogP contribution in [0, 0.1) is 13.8 Å². The Balaban J connectivity index is 2.18. The van der Waals surface area contributed by atoms with E-state index < -0.39 is 6.04 Å². The van der Waals surface area contributed by atoms with Crippen molar-refractivity contribution in [2.75, 3.05) is 0 Å². The Hall–Kier alpha value is -1.95. The van der Waals surface area contributed by atoms with Crippen molar-refractivity contribution < 1.29 is 4.79 Å². The van der Waals surface area contributed by atoms with Crippen molar-refractivity contribution in [3.8, 4) is 0 Å². The number of aromatic nitrogens is 2. The van der Waals surface area contributed by atoms with Crippen LogP contribution in [0.1, 0.15) is 29.6 Å². The fraction of sp³-hybridized carbons (Fsp3) is 0.357. The summed E-state index contributed by atoms with van der Waals surface area (Å²) in [4.78, 5) is 31.0. The number of thiophene rings is 1. The van der Waals surface area contributed by atoms with Crippen LogP contribution in [0.5, 0.6) is 0 Å². The fourth-order valence-corrected chi connectivity index (χ4v) is 3.51. The summed E-state index contributed by atoms with van der Waals surface area (Å²) in [6.45, 7) is 7.48. The number of hydrogen-bond donors (Lipinski definition) is 1. The zero-order chi connectivity index (χ0) is 14.4. The number of aryl methyl sites for hydroxylation is 2. The highest BCUT2D eigenvalue weighted by Gasteiger charge is 2.28. The highest BCUT2D eigenvalue weighted by Crippen LogP contribution is 2.25. The number of nitrogens with zero attached hydrogens (tertiary/aromatic N) is 2. The molecule has 1 saturated heterocycles. The van der Waals surface area contributed by atoms with Crippen LogP contribution in [0.2, 0.25) is 0 Å². The SMILES string of the molecule is C=C1CCC(n2c(C)nc3sc(C)cc3c2=O)C(=O)N1. The lowest BCUT2D eigenvalue weighted by atomic mass is 10.0. The molecule has 0 aromatic carbocycles. The van der Waals surface area contributed by atoms with Crippen molar-refractivity contribution in [3.63, 3.8) is 0 Å². The first-order valence-electron chi connectivity index (χ1n) is 6.45. The van der Waals surface area contributed by atoms with E-state index in [0.29, 0.717) is 29.7 Å². The average Bonchev–Trinajstić information content (AvgIpc) is 2.72. The highest BCUT2D eigenvalue weighted by molar-refractivity contribution is 7.18. The van der Waals surface area contributed by atoms with Gasteiger partial charge in [0, 0.05) is 10.6 Å². The summed E-state index contributed by atoms with van der Waals surface area (Å²) in [6.07, 6.45) is 1.27. The Kier molecular flexibility index (Phi) is 2.97. The number of hydrogen-bond acceptors (Lipinski definition) is 4. The topological polar surface area (TPSA) is 64.0 Å². The fourth-order valence-electron chi connectivity index (χ4n) is 2.59. The maximum absolute atomic E-state index is 12.6. The number of nitrogens with one attached hydrogen (secondary N) is 1. The zero-order valence-corrected chi connectivity index (χ0v) is 12.2. The van der Waals surface area contributed by atoms with Gasteiger partial charge in [-0.15, -0.1) is 11.3 Å². The molecule has 1 unspecified atom stereocenters. The third kappa shape index (κ3) is 1.96. The van der Waals surface area contributed by atoms with Gasteiger partial charge in [0.25, 0.3) is 5.56 Å². The second kappa shape index (κ2) is 4.56. The molecular weight excluding hydrogens is 274 g/mol. The van der Waals surface area contributed by atoms with Crippen molar-refractivity contribution in [2.45, 2.75) is 32.7 Å². The van der Waals surface area contributed by atoms with E-state index in [1.165, 1.54) is 15.9 Å². The van der Waals surface area contributed by atoms with Gasteiger partial charge in [0.1, 0.15) is 16.7 Å². The van der Waals surface area contributed by atoms with Crippen LogP contribution in [0.25, 0.3) is 10.2 Å². The molecule has 3 heterocycles. The molecule has 0 bridgehead atoms. The van der Waals surface area contributed by atoms with E-state index in [2.05, 4.69) is 16.9 Å². The van der Waals surface area contributed by atoms with E-state index in [1.54, 1.807) is 6.92 Å².